The summed E-state index contributed by atoms with van der Waals surface area (Å²) < 4.78 is 1.63. The smallest absolute Gasteiger partial charge is 0.326 e. The Morgan fingerprint density at radius 2 is 1.93 bits per heavy atom. The third kappa shape index (κ3) is 3.28. The lowest BCUT2D eigenvalue weighted by molar-refractivity contribution is 0.454. The molecular formula is C19H22N8O2. The van der Waals surface area contributed by atoms with Crippen molar-refractivity contribution in [3.63, 3.8) is 0 Å². The fourth-order valence-corrected chi connectivity index (χ4v) is 3.83. The van der Waals surface area contributed by atoms with Crippen LogP contribution in [-0.4, -0.2) is 46.7 Å². The lowest BCUT2D eigenvalue weighted by Crippen LogP contribution is -2.30. The molecule has 3 fully saturated rings. The van der Waals surface area contributed by atoms with Crippen molar-refractivity contribution < 1.29 is 5.11 Å². The highest BCUT2D eigenvalue weighted by atomic mass is 16.3. The third-order valence-corrected chi connectivity index (χ3v) is 5.81. The monoisotopic (exact) mass is 394 g/mol. The molecule has 0 unspecified atom stereocenters. The third-order valence-electron chi connectivity index (χ3n) is 5.81. The fraction of sp³-hybridized carbons (Fsp3) is 0.526. The van der Waals surface area contributed by atoms with Crippen molar-refractivity contribution in [1.29, 1.82) is 0 Å². The van der Waals surface area contributed by atoms with Gasteiger partial charge in [-0.1, -0.05) is 0 Å². The number of anilines is 1. The molecule has 4 N–H and O–H groups in total. The van der Waals surface area contributed by atoms with E-state index >= 15 is 0 Å². The Morgan fingerprint density at radius 1 is 1.17 bits per heavy atom. The number of hydrogen-bond donors (Lipinski definition) is 4. The minimum absolute atomic E-state index is 0.216. The second-order valence-corrected chi connectivity index (χ2v) is 8.37. The van der Waals surface area contributed by atoms with Crippen molar-refractivity contribution >= 4 is 17.7 Å². The summed E-state index contributed by atoms with van der Waals surface area (Å²) in [7, 11) is 0. The molecule has 0 aliphatic heterocycles. The second-order valence-electron chi connectivity index (χ2n) is 8.37. The SMILES string of the molecule is O=c1[nH]c(O)c(/C=c2\cnn3c(=NC4CC4)nc(NC(C4CC4)C4CC4)nc23)[nH]1. The highest BCUT2D eigenvalue weighted by Gasteiger charge is 2.41. The average Bonchev–Trinajstić information content (AvgIpc) is 3.56. The molecule has 0 bridgehead atoms. The molecule has 0 amide bonds. The highest BCUT2D eigenvalue weighted by Crippen LogP contribution is 2.45. The van der Waals surface area contributed by atoms with Gasteiger partial charge in [-0.25, -0.2) is 9.79 Å². The molecule has 0 atom stereocenters. The number of hydrogen-bond acceptors (Lipinski definition) is 7. The average molecular weight is 394 g/mol. The van der Waals surface area contributed by atoms with Crippen molar-refractivity contribution in [2.75, 3.05) is 5.32 Å². The number of nitrogens with one attached hydrogen (secondary N) is 3. The molecule has 29 heavy (non-hydrogen) atoms. The maximum absolute atomic E-state index is 11.4. The first kappa shape index (κ1) is 16.8. The van der Waals surface area contributed by atoms with Gasteiger partial charge in [0.1, 0.15) is 5.69 Å². The van der Waals surface area contributed by atoms with Crippen molar-refractivity contribution in [2.45, 2.75) is 50.6 Å². The van der Waals surface area contributed by atoms with E-state index in [4.69, 9.17) is 9.98 Å². The zero-order chi connectivity index (χ0) is 19.5. The van der Waals surface area contributed by atoms with E-state index in [1.807, 2.05) is 0 Å². The number of H-pyrrole nitrogens is 2. The van der Waals surface area contributed by atoms with Gasteiger partial charge in [0.15, 0.2) is 5.65 Å². The number of rotatable bonds is 6. The van der Waals surface area contributed by atoms with E-state index in [1.165, 1.54) is 25.7 Å². The lowest BCUT2D eigenvalue weighted by Gasteiger charge is -2.17. The molecule has 3 heterocycles. The van der Waals surface area contributed by atoms with Crippen molar-refractivity contribution in [3.05, 3.63) is 33.2 Å². The van der Waals surface area contributed by atoms with E-state index in [9.17, 15) is 9.90 Å². The first-order valence-corrected chi connectivity index (χ1v) is 10.2. The van der Waals surface area contributed by atoms with E-state index in [2.05, 4.69) is 25.4 Å². The van der Waals surface area contributed by atoms with Crippen LogP contribution in [0.4, 0.5) is 5.95 Å². The van der Waals surface area contributed by atoms with Crippen molar-refractivity contribution in [1.82, 2.24) is 29.5 Å². The molecule has 0 spiro atoms. The second kappa shape index (κ2) is 6.16. The highest BCUT2D eigenvalue weighted by molar-refractivity contribution is 5.57. The van der Waals surface area contributed by atoms with Gasteiger partial charge in [-0.05, 0) is 56.4 Å². The van der Waals surface area contributed by atoms with Crippen LogP contribution in [0, 0.1) is 11.8 Å². The van der Waals surface area contributed by atoms with Crippen LogP contribution in [-0.2, 0) is 0 Å². The molecule has 3 aliphatic carbocycles. The Kier molecular flexibility index (Phi) is 3.56. The fourth-order valence-electron chi connectivity index (χ4n) is 3.83. The summed E-state index contributed by atoms with van der Waals surface area (Å²) in [5.74, 6) is 1.78. The molecule has 0 saturated heterocycles. The number of aromatic hydroxyl groups is 1. The molecule has 0 radical (unpaired) electrons. The maximum Gasteiger partial charge on any atom is 0.326 e. The Hall–Kier alpha value is -3.17. The molecule has 150 valence electrons. The van der Waals surface area contributed by atoms with Crippen LogP contribution in [0.25, 0.3) is 11.7 Å². The summed E-state index contributed by atoms with van der Waals surface area (Å²) in [5, 5.41) is 18.5. The summed E-state index contributed by atoms with van der Waals surface area (Å²) in [6.07, 6.45) is 10.5. The van der Waals surface area contributed by atoms with Crippen molar-refractivity contribution in [2.24, 2.45) is 16.8 Å². The topological polar surface area (TPSA) is 136 Å². The molecule has 10 nitrogen and oxygen atoms in total. The largest absolute Gasteiger partial charge is 0.493 e. The molecular weight excluding hydrogens is 372 g/mol. The van der Waals surface area contributed by atoms with Crippen LogP contribution in [0.15, 0.2) is 16.0 Å². The van der Waals surface area contributed by atoms with E-state index in [-0.39, 0.29) is 11.6 Å². The number of aromatic nitrogens is 6. The van der Waals surface area contributed by atoms with E-state index < -0.39 is 5.69 Å². The first-order chi connectivity index (χ1) is 14.1. The van der Waals surface area contributed by atoms with E-state index in [0.717, 1.165) is 12.8 Å². The number of nitrogens with zero attached hydrogens (tertiary/aromatic N) is 5. The summed E-state index contributed by atoms with van der Waals surface area (Å²) >= 11 is 0. The summed E-state index contributed by atoms with van der Waals surface area (Å²) in [6, 6.07) is 0.719. The van der Waals surface area contributed by atoms with Gasteiger partial charge >= 0.3 is 5.69 Å². The summed E-state index contributed by atoms with van der Waals surface area (Å²) in [5.41, 5.74) is 0.946. The van der Waals surface area contributed by atoms with E-state index in [1.54, 1.807) is 16.8 Å². The first-order valence-electron chi connectivity index (χ1n) is 10.2. The molecule has 3 saturated carbocycles. The van der Waals surface area contributed by atoms with Gasteiger partial charge in [-0.3, -0.25) is 4.98 Å². The van der Waals surface area contributed by atoms with Gasteiger partial charge in [-0.2, -0.15) is 19.6 Å². The van der Waals surface area contributed by atoms with Crippen LogP contribution in [0.1, 0.15) is 44.2 Å². The Morgan fingerprint density at radius 3 is 2.55 bits per heavy atom. The zero-order valence-corrected chi connectivity index (χ0v) is 15.8. The Balaban J connectivity index is 1.48. The minimum atomic E-state index is -0.469. The normalized spacial score (nSPS) is 20.9. The summed E-state index contributed by atoms with van der Waals surface area (Å²) in [6.45, 7) is 0. The molecule has 10 heteroatoms. The van der Waals surface area contributed by atoms with Crippen LogP contribution in [0.5, 0.6) is 5.88 Å². The van der Waals surface area contributed by atoms with Gasteiger partial charge in [-0.15, -0.1) is 0 Å². The molecule has 6 rings (SSSR count). The van der Waals surface area contributed by atoms with Gasteiger partial charge in [0.05, 0.1) is 12.2 Å². The Labute approximate surface area is 164 Å². The van der Waals surface area contributed by atoms with Gasteiger partial charge in [0.25, 0.3) is 5.62 Å². The predicted octanol–water partition coefficient (Wildman–Crippen LogP) is 0.0576. The quantitative estimate of drug-likeness (QED) is 0.467. The molecule has 3 aromatic heterocycles. The van der Waals surface area contributed by atoms with Gasteiger partial charge < -0.3 is 15.4 Å². The minimum Gasteiger partial charge on any atom is -0.493 e. The van der Waals surface area contributed by atoms with Crippen LogP contribution >= 0.6 is 0 Å². The van der Waals surface area contributed by atoms with Gasteiger partial charge in [0.2, 0.25) is 11.8 Å². The van der Waals surface area contributed by atoms with Gasteiger partial charge in [0, 0.05) is 11.3 Å². The molecule has 3 aliphatic rings. The standard InChI is InChI=1S/C19H22N8O2/c28-16-13(22-19(29)25-16)7-11-8-20-27-15(11)24-17(26-18(27)21-12-5-6-12)23-14(9-1-2-9)10-3-4-10/h7-10,12,14,28H,1-6H2,(H,21,23,26)(H2,22,25,29)/b11-7+. The lowest BCUT2D eigenvalue weighted by atomic mass is 10.1. The number of aromatic amines is 2. The zero-order valence-electron chi connectivity index (χ0n) is 15.8. The molecule has 3 aromatic rings. The van der Waals surface area contributed by atoms with Crippen molar-refractivity contribution in [3.8, 4) is 5.88 Å². The van der Waals surface area contributed by atoms with Crippen LogP contribution < -0.4 is 21.8 Å². The van der Waals surface area contributed by atoms with Crippen LogP contribution in [0.2, 0.25) is 0 Å². The Bertz CT molecular complexity index is 1250. The van der Waals surface area contributed by atoms with Crippen LogP contribution in [0.3, 0.4) is 0 Å². The number of imidazole rings is 1. The maximum atomic E-state index is 11.4. The van der Waals surface area contributed by atoms with E-state index in [0.29, 0.717) is 46.4 Å². The number of fused-ring (bicyclic) bond motifs is 1. The molecule has 0 aromatic carbocycles. The predicted molar refractivity (Wildman–Crippen MR) is 104 cm³/mol. The summed E-state index contributed by atoms with van der Waals surface area (Å²) in [4.78, 5) is 30.4.